The van der Waals surface area contributed by atoms with Crippen molar-refractivity contribution in [2.24, 2.45) is 7.05 Å². The molecule has 3 N–H and O–H groups in total. The number of carbonyl (C=O) groups excluding carboxylic acids is 1. The summed E-state index contributed by atoms with van der Waals surface area (Å²) in [5, 5.41) is 8.97. The number of carbonyl (C=O) groups is 1. The van der Waals surface area contributed by atoms with Gasteiger partial charge in [0, 0.05) is 47.1 Å². The predicted octanol–water partition coefficient (Wildman–Crippen LogP) is 3.16. The highest BCUT2D eigenvalue weighted by atomic mass is 32.1. The van der Waals surface area contributed by atoms with Gasteiger partial charge in [-0.3, -0.25) is 9.48 Å². The molecule has 0 aliphatic carbocycles. The lowest BCUT2D eigenvalue weighted by Gasteiger charge is -2.06. The Balaban J connectivity index is 1.57. The van der Waals surface area contributed by atoms with Gasteiger partial charge in [0.2, 0.25) is 0 Å². The minimum absolute atomic E-state index is 0.171. The Bertz CT molecular complexity index is 1300. The molecule has 0 aliphatic rings. The summed E-state index contributed by atoms with van der Waals surface area (Å²) in [5.74, 6) is 6.43. The van der Waals surface area contributed by atoms with E-state index in [1.807, 2.05) is 37.7 Å². The number of hydrogen-bond donors (Lipinski definition) is 2. The van der Waals surface area contributed by atoms with E-state index in [0.717, 1.165) is 27.9 Å². The van der Waals surface area contributed by atoms with Gasteiger partial charge in [-0.15, -0.1) is 11.3 Å². The van der Waals surface area contributed by atoms with E-state index in [4.69, 9.17) is 5.73 Å². The van der Waals surface area contributed by atoms with Crippen LogP contribution in [0.4, 0.5) is 5.82 Å². The highest BCUT2D eigenvalue weighted by molar-refractivity contribution is 7.07. The second-order valence-electron chi connectivity index (χ2n) is 7.00. The molecule has 154 valence electrons. The zero-order valence-corrected chi connectivity index (χ0v) is 17.9. The smallest absolute Gasteiger partial charge is 0.251 e. The molecule has 0 aliphatic heterocycles. The third kappa shape index (κ3) is 4.79. The van der Waals surface area contributed by atoms with Crippen molar-refractivity contribution in [3.05, 3.63) is 81.7 Å². The number of aromatic nitrogens is 4. The predicted molar refractivity (Wildman–Crippen MR) is 121 cm³/mol. The first kappa shape index (κ1) is 20.3. The first-order valence-electron chi connectivity index (χ1n) is 9.52. The summed E-state index contributed by atoms with van der Waals surface area (Å²) in [5.41, 5.74) is 13.3. The maximum atomic E-state index is 12.5. The molecule has 4 rings (SSSR count). The van der Waals surface area contributed by atoms with E-state index in [1.54, 1.807) is 34.7 Å². The van der Waals surface area contributed by atoms with Crippen LogP contribution in [0.5, 0.6) is 0 Å². The number of benzene rings is 1. The van der Waals surface area contributed by atoms with E-state index in [-0.39, 0.29) is 5.91 Å². The van der Waals surface area contributed by atoms with Gasteiger partial charge in [-0.25, -0.2) is 9.97 Å². The molecule has 0 saturated carbocycles. The van der Waals surface area contributed by atoms with E-state index < -0.39 is 0 Å². The van der Waals surface area contributed by atoms with Crippen LogP contribution in [0.3, 0.4) is 0 Å². The lowest BCUT2D eigenvalue weighted by atomic mass is 10.0. The molecule has 4 aromatic rings. The fraction of sp³-hybridized carbons (Fsp3) is 0.130. The van der Waals surface area contributed by atoms with Crippen LogP contribution in [0.25, 0.3) is 11.1 Å². The van der Waals surface area contributed by atoms with Crippen LogP contribution in [0.15, 0.2) is 53.7 Å². The van der Waals surface area contributed by atoms with E-state index in [1.165, 1.54) is 11.3 Å². The monoisotopic (exact) mass is 428 g/mol. The van der Waals surface area contributed by atoms with Crippen LogP contribution in [0.2, 0.25) is 0 Å². The molecule has 0 radical (unpaired) electrons. The fourth-order valence-electron chi connectivity index (χ4n) is 2.93. The van der Waals surface area contributed by atoms with E-state index in [9.17, 15) is 4.79 Å². The maximum absolute atomic E-state index is 12.5. The van der Waals surface area contributed by atoms with Gasteiger partial charge in [0.25, 0.3) is 5.91 Å². The lowest BCUT2D eigenvalue weighted by molar-refractivity contribution is 0.0950. The molecule has 0 atom stereocenters. The normalized spacial score (nSPS) is 10.4. The van der Waals surface area contributed by atoms with Gasteiger partial charge in [-0.1, -0.05) is 17.9 Å². The number of nitrogen functional groups attached to an aromatic ring is 1. The van der Waals surface area contributed by atoms with Crippen molar-refractivity contribution in [3.8, 4) is 23.0 Å². The summed E-state index contributed by atoms with van der Waals surface area (Å²) in [6.07, 6.45) is 5.38. The lowest BCUT2D eigenvalue weighted by Crippen LogP contribution is -2.23. The quantitative estimate of drug-likeness (QED) is 0.487. The molecule has 31 heavy (non-hydrogen) atoms. The Morgan fingerprint density at radius 1 is 1.16 bits per heavy atom. The summed E-state index contributed by atoms with van der Waals surface area (Å²) in [4.78, 5) is 21.0. The number of nitrogens with zero attached hydrogens (tertiary/aromatic N) is 4. The number of nitrogens with one attached hydrogen (secondary N) is 1. The molecule has 0 bridgehead atoms. The van der Waals surface area contributed by atoms with E-state index in [2.05, 4.69) is 32.2 Å². The van der Waals surface area contributed by atoms with Crippen molar-refractivity contribution in [1.82, 2.24) is 25.1 Å². The molecule has 0 saturated heterocycles. The molecule has 0 fully saturated rings. The molecule has 0 spiro atoms. The van der Waals surface area contributed by atoms with Gasteiger partial charge in [0.1, 0.15) is 5.82 Å². The molecular formula is C23H20N6OS. The number of thiazole rings is 1. The molecule has 1 aromatic carbocycles. The van der Waals surface area contributed by atoms with Crippen molar-refractivity contribution in [2.75, 3.05) is 5.73 Å². The largest absolute Gasteiger partial charge is 0.383 e. The van der Waals surface area contributed by atoms with Gasteiger partial charge in [0.05, 0.1) is 29.5 Å². The second-order valence-corrected chi connectivity index (χ2v) is 7.72. The minimum Gasteiger partial charge on any atom is -0.383 e. The minimum atomic E-state index is -0.171. The zero-order valence-electron chi connectivity index (χ0n) is 17.1. The van der Waals surface area contributed by atoms with E-state index in [0.29, 0.717) is 23.5 Å². The fourth-order valence-corrected chi connectivity index (χ4v) is 3.49. The molecule has 0 unspecified atom stereocenters. The number of pyridine rings is 1. The SMILES string of the molecule is Cc1ccc(C(=O)NCc2cscn2)cc1C#Cc1cc(-c2cnn(C)c2)cnc1N. The van der Waals surface area contributed by atoms with Crippen molar-refractivity contribution >= 4 is 23.1 Å². The summed E-state index contributed by atoms with van der Waals surface area (Å²) < 4.78 is 1.73. The highest BCUT2D eigenvalue weighted by Crippen LogP contribution is 2.21. The standard InChI is InChI=1S/C23H20N6OS/c1-15-3-4-18(23(30)26-11-21-13-31-14-27-21)7-16(15)5-6-17-8-19(9-25-22(17)24)20-10-28-29(2)12-20/h3-4,7-10,12-14H,11H2,1-2H3,(H2,24,25)(H,26,30). The third-order valence-corrected chi connectivity index (χ3v) is 5.34. The van der Waals surface area contributed by atoms with Gasteiger partial charge in [0.15, 0.2) is 0 Å². The number of nitrogens with two attached hydrogens (primary N) is 1. The second kappa shape index (κ2) is 8.81. The average Bonchev–Trinajstić information content (AvgIpc) is 3.44. The Labute approximate surface area is 184 Å². The summed E-state index contributed by atoms with van der Waals surface area (Å²) in [6, 6.07) is 7.35. The topological polar surface area (TPSA) is 98.7 Å². The molecule has 8 heteroatoms. The molecule has 3 aromatic heterocycles. The van der Waals surface area contributed by atoms with Gasteiger partial charge < -0.3 is 11.1 Å². The number of hydrogen-bond acceptors (Lipinski definition) is 6. The summed E-state index contributed by atoms with van der Waals surface area (Å²) in [7, 11) is 1.86. The highest BCUT2D eigenvalue weighted by Gasteiger charge is 2.09. The maximum Gasteiger partial charge on any atom is 0.251 e. The van der Waals surface area contributed by atoms with Gasteiger partial charge >= 0.3 is 0 Å². The Hall–Kier alpha value is -3.96. The summed E-state index contributed by atoms with van der Waals surface area (Å²) >= 11 is 1.50. The summed E-state index contributed by atoms with van der Waals surface area (Å²) in [6.45, 7) is 2.34. The van der Waals surface area contributed by atoms with Crippen LogP contribution in [-0.4, -0.2) is 25.7 Å². The van der Waals surface area contributed by atoms with Crippen molar-refractivity contribution < 1.29 is 4.79 Å². The van der Waals surface area contributed by atoms with Crippen LogP contribution in [0.1, 0.15) is 32.7 Å². The number of rotatable bonds is 4. The number of aryl methyl sites for hydroxylation is 2. The average molecular weight is 429 g/mol. The van der Waals surface area contributed by atoms with Gasteiger partial charge in [-0.05, 0) is 30.7 Å². The van der Waals surface area contributed by atoms with Gasteiger partial charge in [-0.2, -0.15) is 5.10 Å². The van der Waals surface area contributed by atoms with Crippen molar-refractivity contribution in [1.29, 1.82) is 0 Å². The number of anilines is 1. The van der Waals surface area contributed by atoms with Crippen LogP contribution < -0.4 is 11.1 Å². The Kier molecular flexibility index (Phi) is 5.78. The van der Waals surface area contributed by atoms with Crippen molar-refractivity contribution in [2.45, 2.75) is 13.5 Å². The Morgan fingerprint density at radius 3 is 2.74 bits per heavy atom. The first-order chi connectivity index (χ1) is 15.0. The molecule has 7 nitrogen and oxygen atoms in total. The van der Waals surface area contributed by atoms with Crippen molar-refractivity contribution in [3.63, 3.8) is 0 Å². The molecule has 1 amide bonds. The molecular weight excluding hydrogens is 408 g/mol. The molecule has 3 heterocycles. The van der Waals surface area contributed by atoms with Crippen LogP contribution >= 0.6 is 11.3 Å². The van der Waals surface area contributed by atoms with E-state index >= 15 is 0 Å². The first-order valence-corrected chi connectivity index (χ1v) is 10.5. The zero-order chi connectivity index (χ0) is 21.8. The Morgan fingerprint density at radius 2 is 2.00 bits per heavy atom. The number of amides is 1. The van der Waals surface area contributed by atoms with Crippen LogP contribution in [-0.2, 0) is 13.6 Å². The third-order valence-electron chi connectivity index (χ3n) is 4.70. The van der Waals surface area contributed by atoms with Crippen LogP contribution in [0, 0.1) is 18.8 Å².